The number of rotatable bonds is 7. The van der Waals surface area contributed by atoms with Gasteiger partial charge in [0.2, 0.25) is 5.91 Å². The average Bonchev–Trinajstić information content (AvgIpc) is 3.11. The molecule has 2 rings (SSSR count). The second-order valence-corrected chi connectivity index (χ2v) is 7.16. The van der Waals surface area contributed by atoms with Gasteiger partial charge in [0.25, 0.3) is 10.1 Å². The van der Waals surface area contributed by atoms with E-state index in [1.54, 1.807) is 32.0 Å². The van der Waals surface area contributed by atoms with Gasteiger partial charge in [0, 0.05) is 6.42 Å². The molecule has 0 saturated carbocycles. The van der Waals surface area contributed by atoms with Gasteiger partial charge in [-0.05, 0) is 28.5 Å². The van der Waals surface area contributed by atoms with Gasteiger partial charge in [0.05, 0.1) is 11.4 Å². The van der Waals surface area contributed by atoms with Crippen molar-refractivity contribution in [1.29, 1.82) is 0 Å². The maximum absolute atomic E-state index is 11.5. The van der Waals surface area contributed by atoms with Crippen molar-refractivity contribution >= 4 is 22.0 Å². The average molecular weight is 399 g/mol. The molecule has 1 atom stereocenters. The number of aryl methyl sites for hydroxylation is 1. The predicted molar refractivity (Wildman–Crippen MR) is 93.1 cm³/mol. The maximum Gasteiger partial charge on any atom is 0.326 e. The molecule has 1 aromatic heterocycles. The minimum atomic E-state index is -4.00. The van der Waals surface area contributed by atoms with Gasteiger partial charge in [0.15, 0.2) is 0 Å². The number of nitrogens with zero attached hydrogens (tertiary/aromatic N) is 4. The van der Waals surface area contributed by atoms with Gasteiger partial charge in [-0.1, -0.05) is 32.0 Å². The maximum atomic E-state index is 11.5. The molecule has 0 saturated heterocycles. The quantitative estimate of drug-likeness (QED) is 0.552. The molecule has 1 amide bonds. The van der Waals surface area contributed by atoms with Crippen LogP contribution in [0.1, 0.15) is 20.3 Å². The van der Waals surface area contributed by atoms with Gasteiger partial charge in [-0.15, -0.1) is 5.10 Å². The van der Waals surface area contributed by atoms with Crippen LogP contribution in [0.4, 0.5) is 0 Å². The molecular weight excluding hydrogens is 378 g/mol. The minimum absolute atomic E-state index is 0.0741. The Balaban J connectivity index is 0.000000309. The van der Waals surface area contributed by atoms with Crippen molar-refractivity contribution in [3.05, 3.63) is 36.7 Å². The van der Waals surface area contributed by atoms with Crippen molar-refractivity contribution in [2.75, 3.05) is 0 Å². The third kappa shape index (κ3) is 8.37. The normalized spacial score (nSPS) is 12.0. The number of nitrogens with one attached hydrogen (secondary N) is 1. The molecule has 0 aliphatic carbocycles. The molecule has 0 bridgehead atoms. The van der Waals surface area contributed by atoms with Crippen LogP contribution in [-0.2, 0) is 26.3 Å². The third-order valence-corrected chi connectivity index (χ3v) is 4.12. The summed E-state index contributed by atoms with van der Waals surface area (Å²) < 4.78 is 30.6. The molecule has 12 heteroatoms. The molecule has 148 valence electrons. The second kappa shape index (κ2) is 10.3. The highest BCUT2D eigenvalue weighted by molar-refractivity contribution is 7.85. The number of hydrogen-bond acceptors (Lipinski definition) is 7. The molecular formula is C15H21N5O6S. The fourth-order valence-corrected chi connectivity index (χ4v) is 2.35. The van der Waals surface area contributed by atoms with E-state index < -0.39 is 22.1 Å². The van der Waals surface area contributed by atoms with Crippen molar-refractivity contribution in [3.63, 3.8) is 0 Å². The molecule has 0 radical (unpaired) electrons. The Morgan fingerprint density at radius 3 is 2.26 bits per heavy atom. The first-order chi connectivity index (χ1) is 12.6. The van der Waals surface area contributed by atoms with Gasteiger partial charge in [-0.3, -0.25) is 9.35 Å². The Kier molecular flexibility index (Phi) is 8.48. The van der Waals surface area contributed by atoms with E-state index in [9.17, 15) is 18.0 Å². The van der Waals surface area contributed by atoms with Gasteiger partial charge < -0.3 is 10.4 Å². The molecule has 11 nitrogen and oxygen atoms in total. The molecule has 3 N–H and O–H groups in total. The van der Waals surface area contributed by atoms with Crippen LogP contribution in [-0.4, -0.2) is 56.2 Å². The summed E-state index contributed by atoms with van der Waals surface area (Å²) in [4.78, 5) is 22.3. The molecule has 0 aliphatic rings. The van der Waals surface area contributed by atoms with Crippen LogP contribution in [0.15, 0.2) is 41.6 Å². The smallest absolute Gasteiger partial charge is 0.326 e. The summed E-state index contributed by atoms with van der Waals surface area (Å²) in [5, 5.41) is 21.8. The molecule has 27 heavy (non-hydrogen) atoms. The number of carboxylic acid groups (broad SMARTS) is 1. The molecule has 0 spiro atoms. The minimum Gasteiger partial charge on any atom is -0.480 e. The standard InChI is InChI=1S/C9H15N5O3.C6H6O3S/c1-6(2)8(9(16)17)11-7(15)3-4-14-5-10-12-13-14;7-10(8,9)6-4-2-1-3-5-6/h5-6,8H,3-4H2,1-2H3,(H,11,15)(H,16,17);1-5H,(H,7,8,9)/t8-;/m0./s1. The van der Waals surface area contributed by atoms with E-state index in [4.69, 9.17) is 9.66 Å². The summed E-state index contributed by atoms with van der Waals surface area (Å²) in [6, 6.07) is 6.56. The number of carboxylic acids is 1. The third-order valence-electron chi connectivity index (χ3n) is 3.25. The van der Waals surface area contributed by atoms with E-state index in [1.807, 2.05) is 0 Å². The SMILES string of the molecule is CC(C)[C@H](NC(=O)CCn1cnnn1)C(=O)O.O=S(=O)(O)c1ccccc1. The van der Waals surface area contributed by atoms with Crippen LogP contribution >= 0.6 is 0 Å². The summed E-state index contributed by atoms with van der Waals surface area (Å²) in [5.74, 6) is -1.53. The van der Waals surface area contributed by atoms with Crippen molar-refractivity contribution < 1.29 is 27.7 Å². The van der Waals surface area contributed by atoms with E-state index in [1.165, 1.54) is 23.1 Å². The number of aromatic nitrogens is 4. The Hall–Kier alpha value is -2.86. The van der Waals surface area contributed by atoms with E-state index in [-0.39, 0.29) is 23.1 Å². The number of hydrogen-bond donors (Lipinski definition) is 3. The number of tetrazole rings is 1. The highest BCUT2D eigenvalue weighted by Gasteiger charge is 2.23. The Bertz CT molecular complexity index is 824. The lowest BCUT2D eigenvalue weighted by atomic mass is 10.0. The van der Waals surface area contributed by atoms with Crippen LogP contribution < -0.4 is 5.32 Å². The first-order valence-electron chi connectivity index (χ1n) is 7.86. The number of carbonyl (C=O) groups excluding carboxylic acids is 1. The molecule has 1 aromatic carbocycles. The van der Waals surface area contributed by atoms with Crippen LogP contribution in [0.25, 0.3) is 0 Å². The monoisotopic (exact) mass is 399 g/mol. The topological polar surface area (TPSA) is 164 Å². The summed E-state index contributed by atoms with van der Waals surface area (Å²) in [5.41, 5.74) is 0. The molecule has 0 aliphatic heterocycles. The lowest BCUT2D eigenvalue weighted by molar-refractivity contribution is -0.143. The summed E-state index contributed by atoms with van der Waals surface area (Å²) in [7, 11) is -4.00. The van der Waals surface area contributed by atoms with Gasteiger partial charge in [0.1, 0.15) is 12.4 Å². The van der Waals surface area contributed by atoms with E-state index in [0.29, 0.717) is 6.54 Å². The zero-order valence-electron chi connectivity index (χ0n) is 14.8. The largest absolute Gasteiger partial charge is 0.480 e. The Morgan fingerprint density at radius 2 is 1.85 bits per heavy atom. The fourth-order valence-electron chi connectivity index (χ4n) is 1.85. The van der Waals surface area contributed by atoms with E-state index >= 15 is 0 Å². The van der Waals surface area contributed by atoms with Crippen LogP contribution in [0.3, 0.4) is 0 Å². The van der Waals surface area contributed by atoms with E-state index in [0.717, 1.165) is 0 Å². The lowest BCUT2D eigenvalue weighted by Crippen LogP contribution is -2.44. The number of benzene rings is 1. The summed E-state index contributed by atoms with van der Waals surface area (Å²) >= 11 is 0. The summed E-state index contributed by atoms with van der Waals surface area (Å²) in [6.45, 7) is 3.80. The number of amides is 1. The summed E-state index contributed by atoms with van der Waals surface area (Å²) in [6.07, 6.45) is 1.53. The van der Waals surface area contributed by atoms with Crippen LogP contribution in [0.2, 0.25) is 0 Å². The molecule has 1 heterocycles. The van der Waals surface area contributed by atoms with Crippen molar-refractivity contribution in [3.8, 4) is 0 Å². The van der Waals surface area contributed by atoms with Crippen molar-refractivity contribution in [2.24, 2.45) is 5.92 Å². The zero-order chi connectivity index (χ0) is 20.4. The number of aliphatic carboxylic acids is 1. The molecule has 2 aromatic rings. The highest BCUT2D eigenvalue weighted by atomic mass is 32.2. The van der Waals surface area contributed by atoms with E-state index in [2.05, 4.69) is 20.8 Å². The second-order valence-electron chi connectivity index (χ2n) is 5.74. The fraction of sp³-hybridized carbons (Fsp3) is 0.400. The first-order valence-corrected chi connectivity index (χ1v) is 9.30. The van der Waals surface area contributed by atoms with Crippen molar-refractivity contribution in [1.82, 2.24) is 25.5 Å². The Morgan fingerprint density at radius 1 is 1.22 bits per heavy atom. The van der Waals surface area contributed by atoms with Gasteiger partial charge >= 0.3 is 5.97 Å². The van der Waals surface area contributed by atoms with Crippen LogP contribution in [0, 0.1) is 5.92 Å². The van der Waals surface area contributed by atoms with Crippen molar-refractivity contribution in [2.45, 2.75) is 37.8 Å². The van der Waals surface area contributed by atoms with Gasteiger partial charge in [-0.2, -0.15) is 8.42 Å². The molecule has 0 unspecified atom stereocenters. The zero-order valence-corrected chi connectivity index (χ0v) is 15.6. The molecule has 0 fully saturated rings. The van der Waals surface area contributed by atoms with Crippen LogP contribution in [0.5, 0.6) is 0 Å². The highest BCUT2D eigenvalue weighted by Crippen LogP contribution is 2.05. The number of carbonyl (C=O) groups is 2. The van der Waals surface area contributed by atoms with Gasteiger partial charge in [-0.25, -0.2) is 9.48 Å². The first kappa shape index (κ1) is 22.2. The predicted octanol–water partition coefficient (Wildman–Crippen LogP) is 0.222. The Labute approximate surface area is 156 Å². The lowest BCUT2D eigenvalue weighted by Gasteiger charge is -2.17.